The van der Waals surface area contributed by atoms with Crippen LogP contribution < -0.4 is 10.6 Å². The molecule has 3 N–H and O–H groups in total. The molecule has 2 amide bonds. The van der Waals surface area contributed by atoms with Crippen molar-refractivity contribution >= 4 is 11.7 Å². The lowest BCUT2D eigenvalue weighted by Gasteiger charge is -2.11. The van der Waals surface area contributed by atoms with Crippen molar-refractivity contribution in [2.45, 2.75) is 51.6 Å². The minimum atomic E-state index is -0.527. The summed E-state index contributed by atoms with van der Waals surface area (Å²) in [7, 11) is 0. The van der Waals surface area contributed by atoms with Gasteiger partial charge in [0.05, 0.1) is 6.10 Å². The molecule has 0 spiro atoms. The average molecular weight is 290 g/mol. The maximum absolute atomic E-state index is 11.8. The number of carbonyl (C=O) groups excluding carboxylic acids is 1. The predicted octanol–water partition coefficient (Wildman–Crippen LogP) is 3.83. The number of urea groups is 1. The summed E-state index contributed by atoms with van der Waals surface area (Å²) in [4.78, 5) is 11.8. The monoisotopic (exact) mass is 290 g/mol. The predicted molar refractivity (Wildman–Crippen MR) is 85.3 cm³/mol. The molecule has 1 unspecified atom stereocenters. The van der Waals surface area contributed by atoms with E-state index in [-0.39, 0.29) is 6.03 Å². The molecule has 0 aromatic heterocycles. The summed E-state index contributed by atoms with van der Waals surface area (Å²) in [6, 6.07) is 7.11. The molecular weight excluding hydrogens is 264 g/mol. The zero-order valence-corrected chi connectivity index (χ0v) is 12.8. The summed E-state index contributed by atoms with van der Waals surface area (Å²) in [5.41, 5.74) is 1.51. The highest BCUT2D eigenvalue weighted by Crippen LogP contribution is 2.28. The Morgan fingerprint density at radius 1 is 1.38 bits per heavy atom. The molecule has 2 rings (SSSR count). The van der Waals surface area contributed by atoms with Gasteiger partial charge in [0.15, 0.2) is 0 Å². The van der Waals surface area contributed by atoms with Crippen LogP contribution in [0.25, 0.3) is 0 Å². The summed E-state index contributed by atoms with van der Waals surface area (Å²) in [6.45, 7) is 2.43. The Hall–Kier alpha value is -1.55. The first kappa shape index (κ1) is 15.8. The molecule has 0 heterocycles. The van der Waals surface area contributed by atoms with Crippen molar-refractivity contribution < 1.29 is 9.90 Å². The van der Waals surface area contributed by atoms with E-state index in [0.29, 0.717) is 5.69 Å². The van der Waals surface area contributed by atoms with E-state index in [4.69, 9.17) is 0 Å². The highest BCUT2D eigenvalue weighted by molar-refractivity contribution is 5.89. The standard InChI is InChI=1S/C17H26N2O2/c1-13(20)15-9-4-10-16(12-15)19-17(21)18-11-5-8-14-6-2-3-7-14/h4,9-10,12-14,20H,2-3,5-8,11H2,1H3,(H2,18,19,21). The molecule has 0 aliphatic heterocycles. The van der Waals surface area contributed by atoms with Crippen molar-refractivity contribution in [2.75, 3.05) is 11.9 Å². The fourth-order valence-electron chi connectivity index (χ4n) is 2.94. The van der Waals surface area contributed by atoms with Gasteiger partial charge in [0.1, 0.15) is 0 Å². The first-order valence-corrected chi connectivity index (χ1v) is 7.98. The second kappa shape index (κ2) is 8.03. The molecule has 0 radical (unpaired) electrons. The van der Waals surface area contributed by atoms with Gasteiger partial charge in [0, 0.05) is 12.2 Å². The lowest BCUT2D eigenvalue weighted by atomic mass is 10.0. The molecule has 116 valence electrons. The van der Waals surface area contributed by atoms with E-state index in [2.05, 4.69) is 10.6 Å². The topological polar surface area (TPSA) is 61.4 Å². The normalized spacial score (nSPS) is 16.7. The number of amides is 2. The van der Waals surface area contributed by atoms with Crippen molar-refractivity contribution in [3.05, 3.63) is 29.8 Å². The first-order chi connectivity index (χ1) is 10.1. The number of rotatable bonds is 6. The number of benzene rings is 1. The number of aliphatic hydroxyl groups is 1. The molecular formula is C17H26N2O2. The van der Waals surface area contributed by atoms with Gasteiger partial charge in [0.2, 0.25) is 0 Å². The molecule has 4 nitrogen and oxygen atoms in total. The zero-order chi connectivity index (χ0) is 15.1. The zero-order valence-electron chi connectivity index (χ0n) is 12.8. The Bertz CT molecular complexity index is 454. The maximum atomic E-state index is 11.8. The van der Waals surface area contributed by atoms with Gasteiger partial charge in [0.25, 0.3) is 0 Å². The summed E-state index contributed by atoms with van der Waals surface area (Å²) in [5.74, 6) is 0.873. The molecule has 1 atom stereocenters. The van der Waals surface area contributed by atoms with Crippen LogP contribution >= 0.6 is 0 Å². The SMILES string of the molecule is CC(O)c1cccc(NC(=O)NCCCC2CCCC2)c1. The smallest absolute Gasteiger partial charge is 0.319 e. The number of nitrogens with one attached hydrogen (secondary N) is 2. The molecule has 1 aromatic rings. The van der Waals surface area contributed by atoms with Gasteiger partial charge in [-0.15, -0.1) is 0 Å². The number of anilines is 1. The second-order valence-electron chi connectivity index (χ2n) is 5.98. The molecule has 0 saturated heterocycles. The Morgan fingerprint density at radius 2 is 2.14 bits per heavy atom. The largest absolute Gasteiger partial charge is 0.389 e. The van der Waals surface area contributed by atoms with Crippen molar-refractivity contribution in [1.82, 2.24) is 5.32 Å². The molecule has 4 heteroatoms. The van der Waals surface area contributed by atoms with E-state index in [1.54, 1.807) is 13.0 Å². The van der Waals surface area contributed by atoms with Crippen LogP contribution in [0.3, 0.4) is 0 Å². The molecule has 1 saturated carbocycles. The minimum Gasteiger partial charge on any atom is -0.389 e. The Labute approximate surface area is 126 Å². The summed E-state index contributed by atoms with van der Waals surface area (Å²) >= 11 is 0. The van der Waals surface area contributed by atoms with Gasteiger partial charge in [-0.3, -0.25) is 0 Å². The van der Waals surface area contributed by atoms with Gasteiger partial charge in [-0.2, -0.15) is 0 Å². The van der Waals surface area contributed by atoms with Crippen LogP contribution in [0, 0.1) is 5.92 Å². The van der Waals surface area contributed by atoms with Crippen molar-refractivity contribution in [3.8, 4) is 0 Å². The average Bonchev–Trinajstić information content (AvgIpc) is 2.97. The summed E-state index contributed by atoms with van der Waals surface area (Å²) in [6.07, 6.45) is 7.21. The van der Waals surface area contributed by atoms with Gasteiger partial charge in [-0.25, -0.2) is 4.79 Å². The van der Waals surface area contributed by atoms with E-state index in [0.717, 1.165) is 24.4 Å². The summed E-state index contributed by atoms with van der Waals surface area (Å²) in [5, 5.41) is 15.2. The third kappa shape index (κ3) is 5.38. The van der Waals surface area contributed by atoms with Crippen LogP contribution in [0.4, 0.5) is 10.5 Å². The van der Waals surface area contributed by atoms with Gasteiger partial charge >= 0.3 is 6.03 Å². The van der Waals surface area contributed by atoms with Crippen LogP contribution in [-0.2, 0) is 0 Å². The Morgan fingerprint density at radius 3 is 2.86 bits per heavy atom. The van der Waals surface area contributed by atoms with Gasteiger partial charge < -0.3 is 15.7 Å². The lowest BCUT2D eigenvalue weighted by molar-refractivity contribution is 0.199. The van der Waals surface area contributed by atoms with Crippen LogP contribution in [0.1, 0.15) is 57.1 Å². The highest BCUT2D eigenvalue weighted by Gasteiger charge is 2.14. The minimum absolute atomic E-state index is 0.177. The highest BCUT2D eigenvalue weighted by atomic mass is 16.3. The van der Waals surface area contributed by atoms with E-state index in [1.165, 1.54) is 32.1 Å². The van der Waals surface area contributed by atoms with Crippen LogP contribution in [0.15, 0.2) is 24.3 Å². The van der Waals surface area contributed by atoms with E-state index in [1.807, 2.05) is 18.2 Å². The second-order valence-corrected chi connectivity index (χ2v) is 5.98. The lowest BCUT2D eigenvalue weighted by Crippen LogP contribution is -2.29. The van der Waals surface area contributed by atoms with E-state index >= 15 is 0 Å². The van der Waals surface area contributed by atoms with Crippen LogP contribution in [0.5, 0.6) is 0 Å². The maximum Gasteiger partial charge on any atom is 0.319 e. The molecule has 0 bridgehead atoms. The van der Waals surface area contributed by atoms with Crippen molar-refractivity contribution in [3.63, 3.8) is 0 Å². The van der Waals surface area contributed by atoms with Crippen molar-refractivity contribution in [1.29, 1.82) is 0 Å². The third-order valence-corrected chi connectivity index (χ3v) is 4.18. The quantitative estimate of drug-likeness (QED) is 0.697. The number of aliphatic hydroxyl groups excluding tert-OH is 1. The number of hydrogen-bond acceptors (Lipinski definition) is 2. The molecule has 21 heavy (non-hydrogen) atoms. The van der Waals surface area contributed by atoms with Crippen molar-refractivity contribution in [2.24, 2.45) is 5.92 Å². The molecule has 1 aliphatic rings. The first-order valence-electron chi connectivity index (χ1n) is 7.98. The van der Waals surface area contributed by atoms with E-state index < -0.39 is 6.10 Å². The van der Waals surface area contributed by atoms with E-state index in [9.17, 15) is 9.90 Å². The van der Waals surface area contributed by atoms with Crippen LogP contribution in [0.2, 0.25) is 0 Å². The van der Waals surface area contributed by atoms with Gasteiger partial charge in [-0.1, -0.05) is 37.8 Å². The van der Waals surface area contributed by atoms with Crippen LogP contribution in [-0.4, -0.2) is 17.7 Å². The molecule has 1 fully saturated rings. The Kier molecular flexibility index (Phi) is 6.05. The Balaban J connectivity index is 1.67. The number of carbonyl (C=O) groups is 1. The third-order valence-electron chi connectivity index (χ3n) is 4.18. The molecule has 1 aromatic carbocycles. The number of hydrogen-bond donors (Lipinski definition) is 3. The van der Waals surface area contributed by atoms with Gasteiger partial charge in [-0.05, 0) is 43.4 Å². The fraction of sp³-hybridized carbons (Fsp3) is 0.588. The molecule has 1 aliphatic carbocycles. The fourth-order valence-corrected chi connectivity index (χ4v) is 2.94. The summed E-state index contributed by atoms with van der Waals surface area (Å²) < 4.78 is 0.